The second-order valence-electron chi connectivity index (χ2n) is 7.58. The molecule has 0 aromatic heterocycles. The summed E-state index contributed by atoms with van der Waals surface area (Å²) in [5, 5.41) is 8.55. The van der Waals surface area contributed by atoms with E-state index in [0.717, 1.165) is 13.0 Å². The summed E-state index contributed by atoms with van der Waals surface area (Å²) in [5.41, 5.74) is 0. The molecule has 31 heavy (non-hydrogen) atoms. The zero-order valence-corrected chi connectivity index (χ0v) is 20.2. The molecular formula is C24H50O7. The Hall–Kier alpha value is -0.280. The van der Waals surface area contributed by atoms with Gasteiger partial charge in [0.1, 0.15) is 0 Å². The van der Waals surface area contributed by atoms with Gasteiger partial charge in [-0.1, -0.05) is 64.7 Å². The highest BCUT2D eigenvalue weighted by atomic mass is 16.7. The van der Waals surface area contributed by atoms with Crippen molar-refractivity contribution < 1.29 is 33.5 Å². The number of hydrogen-bond donors (Lipinski definition) is 1. The average molecular weight is 453 g/mol. The van der Waals surface area contributed by atoms with Crippen LogP contribution in [0.1, 0.15) is 71.1 Å². The SMILES string of the molecule is CCCCCCCCCCCCOC[14CH2]OCCOCCOCCOCCOCCO. The van der Waals surface area contributed by atoms with E-state index in [0.29, 0.717) is 72.7 Å². The van der Waals surface area contributed by atoms with Gasteiger partial charge in [0.15, 0.2) is 0 Å². The molecule has 0 aliphatic heterocycles. The van der Waals surface area contributed by atoms with E-state index in [4.69, 9.17) is 33.5 Å². The van der Waals surface area contributed by atoms with Gasteiger partial charge in [-0.3, -0.25) is 0 Å². The summed E-state index contributed by atoms with van der Waals surface area (Å²) in [5.74, 6) is 0. The summed E-state index contributed by atoms with van der Waals surface area (Å²) in [6, 6.07) is 0. The molecule has 0 fully saturated rings. The Kier molecular flexibility index (Phi) is 29.5. The standard InChI is InChI=1S/C24H50O7/c1-2-3-4-5-6-7-8-9-10-11-13-26-15-17-28-19-21-30-23-24-31-22-20-29-18-16-27-14-12-25/h25H,2-24H2,1H3/i17+2. The molecule has 0 saturated carbocycles. The molecule has 0 unspecified atom stereocenters. The first-order valence-corrected chi connectivity index (χ1v) is 12.5. The summed E-state index contributed by atoms with van der Waals surface area (Å²) in [6.45, 7) is 9.12. The lowest BCUT2D eigenvalue weighted by Gasteiger charge is -2.08. The highest BCUT2D eigenvalue weighted by molar-refractivity contribution is 4.47. The molecular weight excluding hydrogens is 402 g/mol. The monoisotopic (exact) mass is 452 g/mol. The van der Waals surface area contributed by atoms with Crippen LogP contribution in [0, 0.1) is 0 Å². The quantitative estimate of drug-likeness (QED) is 0.180. The lowest BCUT2D eigenvalue weighted by molar-refractivity contribution is -0.0182. The van der Waals surface area contributed by atoms with Crippen LogP contribution >= 0.6 is 0 Å². The van der Waals surface area contributed by atoms with Crippen LogP contribution in [0.3, 0.4) is 0 Å². The van der Waals surface area contributed by atoms with Crippen LogP contribution in [0.4, 0.5) is 0 Å². The first-order valence-electron chi connectivity index (χ1n) is 12.5. The summed E-state index contributed by atoms with van der Waals surface area (Å²) >= 11 is 0. The second-order valence-corrected chi connectivity index (χ2v) is 7.58. The second kappa shape index (κ2) is 29.7. The Bertz CT molecular complexity index is 278. The molecule has 0 atom stereocenters. The number of aliphatic hydroxyl groups is 1. The maximum absolute atomic E-state index is 8.55. The van der Waals surface area contributed by atoms with Crippen molar-refractivity contribution in [2.45, 2.75) is 71.1 Å². The zero-order chi connectivity index (χ0) is 22.5. The van der Waals surface area contributed by atoms with E-state index >= 15 is 0 Å². The van der Waals surface area contributed by atoms with E-state index in [1.54, 1.807) is 0 Å². The van der Waals surface area contributed by atoms with Gasteiger partial charge in [-0.25, -0.2) is 0 Å². The molecule has 0 aliphatic rings. The van der Waals surface area contributed by atoms with E-state index in [1.807, 2.05) is 0 Å². The number of aliphatic hydroxyl groups excluding tert-OH is 1. The summed E-state index contributed by atoms with van der Waals surface area (Å²) in [6.07, 6.45) is 13.5. The van der Waals surface area contributed by atoms with Gasteiger partial charge < -0.3 is 33.5 Å². The van der Waals surface area contributed by atoms with Crippen LogP contribution in [0.2, 0.25) is 0 Å². The smallest absolute Gasteiger partial charge is 0.0701 e. The molecule has 0 saturated heterocycles. The fourth-order valence-corrected chi connectivity index (χ4v) is 2.96. The molecule has 0 aromatic rings. The minimum Gasteiger partial charge on any atom is -0.394 e. The van der Waals surface area contributed by atoms with Crippen molar-refractivity contribution in [3.05, 3.63) is 0 Å². The molecule has 188 valence electrons. The number of unbranched alkanes of at least 4 members (excludes halogenated alkanes) is 9. The zero-order valence-electron chi connectivity index (χ0n) is 20.2. The Morgan fingerprint density at radius 3 is 1.45 bits per heavy atom. The van der Waals surface area contributed by atoms with Crippen LogP contribution in [-0.4, -0.2) is 91.0 Å². The Morgan fingerprint density at radius 2 is 0.935 bits per heavy atom. The lowest BCUT2D eigenvalue weighted by Crippen LogP contribution is -2.14. The van der Waals surface area contributed by atoms with E-state index in [9.17, 15) is 0 Å². The van der Waals surface area contributed by atoms with Crippen LogP contribution in [0.15, 0.2) is 0 Å². The van der Waals surface area contributed by atoms with Crippen molar-refractivity contribution in [2.75, 3.05) is 85.9 Å². The van der Waals surface area contributed by atoms with Gasteiger partial charge in [-0.05, 0) is 6.42 Å². The summed E-state index contributed by atoms with van der Waals surface area (Å²) in [4.78, 5) is 0. The Morgan fingerprint density at radius 1 is 0.484 bits per heavy atom. The topological polar surface area (TPSA) is 75.6 Å². The normalized spacial score (nSPS) is 11.4. The summed E-state index contributed by atoms with van der Waals surface area (Å²) < 4.78 is 32.4. The van der Waals surface area contributed by atoms with Crippen molar-refractivity contribution in [3.8, 4) is 0 Å². The molecule has 0 radical (unpaired) electrons. The predicted octanol–water partition coefficient (Wildman–Crippen LogP) is 4.00. The van der Waals surface area contributed by atoms with Crippen LogP contribution < -0.4 is 0 Å². The third-order valence-electron chi connectivity index (χ3n) is 4.74. The van der Waals surface area contributed by atoms with E-state index < -0.39 is 0 Å². The number of hydrogen-bond acceptors (Lipinski definition) is 7. The summed E-state index contributed by atoms with van der Waals surface area (Å²) in [7, 11) is 0. The molecule has 0 aliphatic carbocycles. The van der Waals surface area contributed by atoms with Crippen LogP contribution in [-0.2, 0) is 28.4 Å². The van der Waals surface area contributed by atoms with Gasteiger partial charge >= 0.3 is 0 Å². The molecule has 0 heterocycles. The van der Waals surface area contributed by atoms with Gasteiger partial charge in [0, 0.05) is 6.61 Å². The van der Waals surface area contributed by atoms with Gasteiger partial charge in [-0.2, -0.15) is 0 Å². The first-order chi connectivity index (χ1) is 15.4. The van der Waals surface area contributed by atoms with Crippen molar-refractivity contribution >= 4 is 0 Å². The van der Waals surface area contributed by atoms with Crippen LogP contribution in [0.5, 0.6) is 0 Å². The Labute approximate surface area is 191 Å². The molecule has 1 N–H and O–H groups in total. The van der Waals surface area contributed by atoms with E-state index in [2.05, 4.69) is 6.92 Å². The van der Waals surface area contributed by atoms with E-state index in [-0.39, 0.29) is 6.61 Å². The van der Waals surface area contributed by atoms with Gasteiger partial charge in [0.05, 0.1) is 79.3 Å². The van der Waals surface area contributed by atoms with Crippen LogP contribution in [0.25, 0.3) is 0 Å². The Balaban J connectivity index is 2.98. The van der Waals surface area contributed by atoms with Crippen molar-refractivity contribution in [2.24, 2.45) is 0 Å². The minimum atomic E-state index is 0.0430. The maximum atomic E-state index is 8.55. The van der Waals surface area contributed by atoms with E-state index in [1.165, 1.54) is 57.8 Å². The molecule has 7 heteroatoms. The number of ether oxygens (including phenoxy) is 6. The highest BCUT2D eigenvalue weighted by Crippen LogP contribution is 2.10. The highest BCUT2D eigenvalue weighted by Gasteiger charge is 1.95. The van der Waals surface area contributed by atoms with Crippen molar-refractivity contribution in [1.29, 1.82) is 0 Å². The molecule has 0 rings (SSSR count). The predicted molar refractivity (Wildman–Crippen MR) is 124 cm³/mol. The van der Waals surface area contributed by atoms with Gasteiger partial charge in [0.2, 0.25) is 0 Å². The van der Waals surface area contributed by atoms with Gasteiger partial charge in [0.25, 0.3) is 0 Å². The minimum absolute atomic E-state index is 0.0430. The van der Waals surface area contributed by atoms with Crippen molar-refractivity contribution in [3.63, 3.8) is 0 Å². The molecule has 0 bridgehead atoms. The average Bonchev–Trinajstić information content (AvgIpc) is 2.78. The first kappa shape index (κ1) is 30.7. The lowest BCUT2D eigenvalue weighted by atomic mass is 10.1. The third kappa shape index (κ3) is 29.7. The molecule has 0 aromatic carbocycles. The maximum Gasteiger partial charge on any atom is 0.0701 e. The fourth-order valence-electron chi connectivity index (χ4n) is 2.96. The largest absolute Gasteiger partial charge is 0.394 e. The van der Waals surface area contributed by atoms with Gasteiger partial charge in [-0.15, -0.1) is 0 Å². The fraction of sp³-hybridized carbons (Fsp3) is 1.00. The third-order valence-corrected chi connectivity index (χ3v) is 4.74. The molecule has 0 spiro atoms. The van der Waals surface area contributed by atoms with Crippen molar-refractivity contribution in [1.82, 2.24) is 0 Å². The molecule has 7 nitrogen and oxygen atoms in total. The molecule has 0 amide bonds. The number of rotatable bonds is 28.